The van der Waals surface area contributed by atoms with E-state index >= 15 is 0 Å². The van der Waals surface area contributed by atoms with Crippen LogP contribution in [0.2, 0.25) is 0 Å². The van der Waals surface area contributed by atoms with Crippen molar-refractivity contribution in [2.45, 2.75) is 110 Å². The summed E-state index contributed by atoms with van der Waals surface area (Å²) in [7, 11) is 0. The van der Waals surface area contributed by atoms with Gasteiger partial charge >= 0.3 is 6.09 Å². The zero-order chi connectivity index (χ0) is 33.0. The summed E-state index contributed by atoms with van der Waals surface area (Å²) in [5.41, 5.74) is -1.01. The third kappa shape index (κ3) is 8.60. The lowest BCUT2D eigenvalue weighted by Crippen LogP contribution is -2.52. The zero-order valence-electron chi connectivity index (χ0n) is 26.8. The molecule has 0 radical (unpaired) electrons. The van der Waals surface area contributed by atoms with E-state index in [-0.39, 0.29) is 67.3 Å². The van der Waals surface area contributed by atoms with Crippen molar-refractivity contribution >= 4 is 29.2 Å². The third-order valence-electron chi connectivity index (χ3n) is 9.77. The van der Waals surface area contributed by atoms with Crippen LogP contribution >= 0.6 is 0 Å². The minimum absolute atomic E-state index is 0.0580. The first-order valence-electron chi connectivity index (χ1n) is 15.8. The van der Waals surface area contributed by atoms with E-state index in [1.807, 2.05) is 0 Å². The maximum absolute atomic E-state index is 14.3. The Morgan fingerprint density at radius 3 is 2.25 bits per heavy atom. The van der Waals surface area contributed by atoms with Gasteiger partial charge < -0.3 is 10.1 Å². The molecule has 0 aromatic rings. The van der Waals surface area contributed by atoms with Gasteiger partial charge in [-0.2, -0.15) is 0 Å². The van der Waals surface area contributed by atoms with Crippen molar-refractivity contribution in [2.24, 2.45) is 40.9 Å². The van der Waals surface area contributed by atoms with E-state index < -0.39 is 58.9 Å². The van der Waals surface area contributed by atoms with Crippen LogP contribution in [0, 0.1) is 40.9 Å². The molecule has 6 unspecified atom stereocenters. The summed E-state index contributed by atoms with van der Waals surface area (Å²) in [6, 6.07) is -1.07. The number of hydrogen-bond acceptors (Lipinski definition) is 6. The molecule has 1 amide bonds. The second-order valence-electron chi connectivity index (χ2n) is 14.4. The molecule has 0 bridgehead atoms. The van der Waals surface area contributed by atoms with E-state index in [0.717, 1.165) is 0 Å². The average molecular weight is 618 g/mol. The smallest absolute Gasteiger partial charge is 0.408 e. The molecule has 0 aliphatic heterocycles. The predicted octanol–water partition coefficient (Wildman–Crippen LogP) is 6.99. The average Bonchev–Trinajstić information content (AvgIpc) is 3.24. The quantitative estimate of drug-likeness (QED) is 0.121. The van der Waals surface area contributed by atoms with E-state index in [0.29, 0.717) is 19.3 Å². The molecule has 0 aromatic heterocycles. The van der Waals surface area contributed by atoms with Gasteiger partial charge in [-0.1, -0.05) is 32.1 Å². The van der Waals surface area contributed by atoms with Crippen LogP contribution in [0.3, 0.4) is 0 Å². The summed E-state index contributed by atoms with van der Waals surface area (Å²) in [6.07, 6.45) is 5.92. The predicted molar refractivity (Wildman–Crippen MR) is 164 cm³/mol. The van der Waals surface area contributed by atoms with Crippen molar-refractivity contribution in [1.82, 2.24) is 5.32 Å². The summed E-state index contributed by atoms with van der Waals surface area (Å²) >= 11 is 0. The van der Waals surface area contributed by atoms with Gasteiger partial charge in [0.15, 0.2) is 5.78 Å². The standard InChI is InChI=1S/C35H49F2NO6/c1-8-10-12-14-25(39)30(41)22(13-11-9-2)19-26(40)27-23(20-24-28(27)34(24,6)7)31(42)29(38-32(43)44-33(3,4)5)21-15-17-35(36,37)18-16-21/h8-9,12,14,21-24,27-29H,1-2,10-11,13,15-20H2,3-7H3,(H,38,43)/b14-12+. The number of carbonyl (C=O) groups excluding carboxylic acids is 5. The molecule has 9 heteroatoms. The van der Waals surface area contributed by atoms with E-state index in [1.54, 1.807) is 39.0 Å². The fraction of sp³-hybridized carbons (Fsp3) is 0.686. The number of rotatable bonds is 15. The number of carbonyl (C=O) groups is 5. The molecule has 7 nitrogen and oxygen atoms in total. The number of halogens is 2. The van der Waals surface area contributed by atoms with E-state index in [4.69, 9.17) is 4.74 Å². The minimum atomic E-state index is -2.82. The SMILES string of the molecule is C=CC/C=C/C(=O)C(=O)C(CCC=C)CC(=O)C1C(C(=O)C(NC(=O)OC(C)(C)C)C2CCC(F)(F)CC2)CC2C1C2(C)C. The van der Waals surface area contributed by atoms with Crippen LogP contribution < -0.4 is 5.32 Å². The normalized spacial score (nSPS) is 27.1. The van der Waals surface area contributed by atoms with Crippen LogP contribution in [0.5, 0.6) is 0 Å². The number of alkyl carbamates (subject to hydrolysis) is 1. The highest BCUT2D eigenvalue weighted by Crippen LogP contribution is 2.71. The molecule has 3 aliphatic rings. The molecule has 44 heavy (non-hydrogen) atoms. The summed E-state index contributed by atoms with van der Waals surface area (Å²) in [6.45, 7) is 16.5. The van der Waals surface area contributed by atoms with Crippen molar-refractivity contribution in [1.29, 1.82) is 0 Å². The number of Topliss-reactive ketones (excluding diaryl/α,β-unsaturated/α-hetero) is 3. The number of alkyl halides is 2. The Labute approximate surface area is 260 Å². The van der Waals surface area contributed by atoms with Gasteiger partial charge in [0.2, 0.25) is 17.5 Å². The lowest BCUT2D eigenvalue weighted by molar-refractivity contribution is -0.140. The van der Waals surface area contributed by atoms with Crippen molar-refractivity contribution in [3.63, 3.8) is 0 Å². The maximum atomic E-state index is 14.3. The highest BCUT2D eigenvalue weighted by molar-refractivity contribution is 6.42. The first-order valence-corrected chi connectivity index (χ1v) is 15.8. The van der Waals surface area contributed by atoms with Crippen LogP contribution in [0.25, 0.3) is 0 Å². The van der Waals surface area contributed by atoms with Gasteiger partial charge in [-0.05, 0) is 88.5 Å². The zero-order valence-corrected chi connectivity index (χ0v) is 26.8. The number of amides is 1. The molecule has 3 fully saturated rings. The van der Waals surface area contributed by atoms with Gasteiger partial charge in [0.1, 0.15) is 11.4 Å². The molecule has 244 valence electrons. The number of nitrogens with one attached hydrogen (secondary N) is 1. The van der Waals surface area contributed by atoms with Gasteiger partial charge in [0.25, 0.3) is 0 Å². The first-order chi connectivity index (χ1) is 20.4. The summed E-state index contributed by atoms with van der Waals surface area (Å²) in [5, 5.41) is 2.69. The molecule has 0 heterocycles. The Morgan fingerprint density at radius 2 is 1.68 bits per heavy atom. The molecule has 0 spiro atoms. The molecule has 6 atom stereocenters. The van der Waals surface area contributed by atoms with Crippen molar-refractivity contribution < 1.29 is 37.5 Å². The van der Waals surface area contributed by atoms with E-state index in [2.05, 4.69) is 32.3 Å². The number of allylic oxidation sites excluding steroid dienone is 4. The lowest BCUT2D eigenvalue weighted by Gasteiger charge is -2.36. The molecule has 0 aromatic carbocycles. The van der Waals surface area contributed by atoms with Crippen LogP contribution in [-0.4, -0.2) is 46.8 Å². The van der Waals surface area contributed by atoms with E-state index in [1.165, 1.54) is 6.08 Å². The van der Waals surface area contributed by atoms with Gasteiger partial charge in [-0.25, -0.2) is 13.6 Å². The van der Waals surface area contributed by atoms with Crippen LogP contribution in [0.4, 0.5) is 13.6 Å². The van der Waals surface area contributed by atoms with Gasteiger partial charge in [-0.15, -0.1) is 13.2 Å². The highest BCUT2D eigenvalue weighted by atomic mass is 19.3. The van der Waals surface area contributed by atoms with Gasteiger partial charge in [0, 0.05) is 37.0 Å². The number of ether oxygens (including phenoxy) is 1. The molecular formula is C35H49F2NO6. The lowest BCUT2D eigenvalue weighted by atomic mass is 9.72. The molecule has 0 saturated heterocycles. The summed E-state index contributed by atoms with van der Waals surface area (Å²) < 4.78 is 33.5. The largest absolute Gasteiger partial charge is 0.444 e. The van der Waals surface area contributed by atoms with Crippen molar-refractivity contribution in [2.75, 3.05) is 0 Å². The van der Waals surface area contributed by atoms with Gasteiger partial charge in [0.05, 0.1) is 6.04 Å². The Kier molecular flexibility index (Phi) is 11.3. The topological polar surface area (TPSA) is 107 Å². The van der Waals surface area contributed by atoms with Crippen molar-refractivity contribution in [3.05, 3.63) is 37.5 Å². The highest BCUT2D eigenvalue weighted by Gasteiger charge is 2.70. The molecule has 3 aliphatic carbocycles. The fourth-order valence-corrected chi connectivity index (χ4v) is 7.40. The van der Waals surface area contributed by atoms with Crippen LogP contribution in [0.15, 0.2) is 37.5 Å². The van der Waals surface area contributed by atoms with Gasteiger partial charge in [-0.3, -0.25) is 19.2 Å². The number of hydrogen-bond donors (Lipinski definition) is 1. The Hall–Kier alpha value is -2.97. The molecule has 3 rings (SSSR count). The number of ketones is 4. The third-order valence-corrected chi connectivity index (χ3v) is 9.77. The molecular weight excluding hydrogens is 568 g/mol. The van der Waals surface area contributed by atoms with Crippen LogP contribution in [0.1, 0.15) is 92.4 Å². The summed E-state index contributed by atoms with van der Waals surface area (Å²) in [5.74, 6) is -7.52. The Bertz CT molecular complexity index is 1170. The van der Waals surface area contributed by atoms with E-state index in [9.17, 15) is 32.8 Å². The number of fused-ring (bicyclic) bond motifs is 1. The fourth-order valence-electron chi connectivity index (χ4n) is 7.40. The summed E-state index contributed by atoms with van der Waals surface area (Å²) in [4.78, 5) is 66.9. The Balaban J connectivity index is 1.87. The second kappa shape index (κ2) is 14.0. The van der Waals surface area contributed by atoms with Crippen LogP contribution in [-0.2, 0) is 23.9 Å². The molecule has 3 saturated carbocycles. The minimum Gasteiger partial charge on any atom is -0.444 e. The maximum Gasteiger partial charge on any atom is 0.408 e. The Morgan fingerprint density at radius 1 is 1.05 bits per heavy atom. The second-order valence-corrected chi connectivity index (χ2v) is 14.4. The molecule has 1 N–H and O–H groups in total. The first kappa shape index (κ1) is 35.5. The van der Waals surface area contributed by atoms with Crippen molar-refractivity contribution in [3.8, 4) is 0 Å². The monoisotopic (exact) mass is 617 g/mol.